The number of ether oxygens (including phenoxy) is 1. The van der Waals surface area contributed by atoms with Crippen molar-refractivity contribution in [1.29, 1.82) is 0 Å². The maximum Gasteiger partial charge on any atom is 0.347 e. The van der Waals surface area contributed by atoms with E-state index in [9.17, 15) is 14.7 Å². The number of carbonyl (C=O) groups is 2. The van der Waals surface area contributed by atoms with E-state index in [1.807, 2.05) is 13.8 Å². The molecule has 0 aromatic rings. The number of rotatable bonds is 6. The molecule has 1 unspecified atom stereocenters. The predicted octanol–water partition coefficient (Wildman–Crippen LogP) is 2.88. The lowest BCUT2D eigenvalue weighted by atomic mass is 9.61. The summed E-state index contributed by atoms with van der Waals surface area (Å²) in [5.74, 6) is -1.41. The molecule has 0 aromatic carbocycles. The molecule has 0 spiro atoms. The SMILES string of the molecule is COC(=O)C(C)(C)C(C)(C)CC(O)(C(=O)OI)C(C)C. The summed E-state index contributed by atoms with van der Waals surface area (Å²) >= 11 is 1.46. The second kappa shape index (κ2) is 6.60. The Morgan fingerprint density at radius 1 is 1.15 bits per heavy atom. The van der Waals surface area contributed by atoms with E-state index in [2.05, 4.69) is 3.07 Å². The van der Waals surface area contributed by atoms with Crippen LogP contribution in [0.1, 0.15) is 48.0 Å². The third-order valence-corrected chi connectivity index (χ3v) is 4.88. The first-order valence-corrected chi connectivity index (χ1v) is 7.38. The molecule has 0 radical (unpaired) electrons. The van der Waals surface area contributed by atoms with Crippen LogP contribution in [-0.4, -0.2) is 29.8 Å². The standard InChI is InChI=1S/C14H25IO5/c1-9(2)14(18,11(17)20-15)8-12(3,4)13(5,6)10(16)19-7/h9,18H,8H2,1-7H3. The fourth-order valence-corrected chi connectivity index (χ4v) is 2.39. The van der Waals surface area contributed by atoms with Gasteiger partial charge in [-0.05, 0) is 31.6 Å². The maximum atomic E-state index is 12.0. The number of esters is 1. The van der Waals surface area contributed by atoms with Crippen LogP contribution in [0, 0.1) is 16.7 Å². The van der Waals surface area contributed by atoms with Crippen molar-refractivity contribution in [2.24, 2.45) is 16.7 Å². The monoisotopic (exact) mass is 400 g/mol. The van der Waals surface area contributed by atoms with Crippen molar-refractivity contribution in [3.8, 4) is 0 Å². The van der Waals surface area contributed by atoms with Crippen molar-refractivity contribution in [3.63, 3.8) is 0 Å². The third-order valence-electron chi connectivity index (χ3n) is 4.48. The summed E-state index contributed by atoms with van der Waals surface area (Å²) in [5.41, 5.74) is -3.16. The molecule has 0 fully saturated rings. The normalized spacial score (nSPS) is 15.7. The highest BCUT2D eigenvalue weighted by atomic mass is 127. The summed E-state index contributed by atoms with van der Waals surface area (Å²) in [4.78, 5) is 23.9. The van der Waals surface area contributed by atoms with Gasteiger partial charge in [0.2, 0.25) is 0 Å². The van der Waals surface area contributed by atoms with E-state index in [0.29, 0.717) is 0 Å². The molecule has 1 N–H and O–H groups in total. The molecule has 0 saturated carbocycles. The molecule has 0 saturated heterocycles. The smallest absolute Gasteiger partial charge is 0.347 e. The number of hydrogen-bond donors (Lipinski definition) is 1. The minimum Gasteiger partial charge on any atom is -0.469 e. The average Bonchev–Trinajstić information content (AvgIpc) is 2.35. The largest absolute Gasteiger partial charge is 0.469 e. The molecule has 0 aromatic heterocycles. The number of methoxy groups -OCH3 is 1. The second-order valence-electron chi connectivity index (χ2n) is 6.62. The van der Waals surface area contributed by atoms with E-state index < -0.39 is 22.4 Å². The fraction of sp³-hybridized carbons (Fsp3) is 0.857. The molecule has 118 valence electrons. The molecule has 0 rings (SSSR count). The van der Waals surface area contributed by atoms with Crippen LogP contribution >= 0.6 is 23.0 Å². The number of halogens is 1. The maximum absolute atomic E-state index is 12.0. The Morgan fingerprint density at radius 2 is 1.60 bits per heavy atom. The molecule has 20 heavy (non-hydrogen) atoms. The number of aliphatic hydroxyl groups is 1. The summed E-state index contributed by atoms with van der Waals surface area (Å²) in [6, 6.07) is 0. The zero-order valence-corrected chi connectivity index (χ0v) is 15.4. The molecule has 0 aliphatic rings. The zero-order chi connectivity index (χ0) is 16.4. The highest BCUT2D eigenvalue weighted by Crippen LogP contribution is 2.46. The van der Waals surface area contributed by atoms with Crippen LogP contribution in [0.25, 0.3) is 0 Å². The van der Waals surface area contributed by atoms with Crippen LogP contribution in [0.5, 0.6) is 0 Å². The van der Waals surface area contributed by atoms with Crippen molar-refractivity contribution < 1.29 is 22.5 Å². The number of hydrogen-bond acceptors (Lipinski definition) is 5. The highest BCUT2D eigenvalue weighted by Gasteiger charge is 2.52. The van der Waals surface area contributed by atoms with Crippen LogP contribution in [0.15, 0.2) is 0 Å². The molecule has 5 nitrogen and oxygen atoms in total. The third kappa shape index (κ3) is 3.63. The Kier molecular flexibility index (Phi) is 6.47. The lowest BCUT2D eigenvalue weighted by Gasteiger charge is -2.44. The zero-order valence-electron chi connectivity index (χ0n) is 13.2. The first-order chi connectivity index (χ1) is 8.86. The first-order valence-electron chi connectivity index (χ1n) is 6.50. The van der Waals surface area contributed by atoms with Gasteiger partial charge in [0.05, 0.1) is 12.5 Å². The van der Waals surface area contributed by atoms with Gasteiger partial charge in [0.1, 0.15) is 0 Å². The van der Waals surface area contributed by atoms with Crippen LogP contribution in [0.3, 0.4) is 0 Å². The molecule has 0 heterocycles. The van der Waals surface area contributed by atoms with Gasteiger partial charge in [-0.1, -0.05) is 27.7 Å². The average molecular weight is 400 g/mol. The molecule has 0 bridgehead atoms. The highest BCUT2D eigenvalue weighted by molar-refractivity contribution is 14.1. The van der Waals surface area contributed by atoms with Gasteiger partial charge in [-0.25, -0.2) is 4.79 Å². The topological polar surface area (TPSA) is 72.8 Å². The fourth-order valence-electron chi connectivity index (χ4n) is 2.00. The second-order valence-corrected chi connectivity index (χ2v) is 7.06. The van der Waals surface area contributed by atoms with Gasteiger partial charge < -0.3 is 12.9 Å². The molecule has 0 amide bonds. The van der Waals surface area contributed by atoms with Gasteiger partial charge in [-0.2, -0.15) is 0 Å². The van der Waals surface area contributed by atoms with Crippen LogP contribution in [0.2, 0.25) is 0 Å². The van der Waals surface area contributed by atoms with Gasteiger partial charge in [0, 0.05) is 0 Å². The lowest BCUT2D eigenvalue weighted by Crippen LogP contribution is -2.52. The van der Waals surface area contributed by atoms with Crippen molar-refractivity contribution >= 4 is 34.9 Å². The van der Waals surface area contributed by atoms with E-state index in [-0.39, 0.29) is 18.3 Å². The molecular formula is C14H25IO5. The van der Waals surface area contributed by atoms with Crippen molar-refractivity contribution in [1.82, 2.24) is 0 Å². The quantitative estimate of drug-likeness (QED) is 0.549. The molecule has 0 aliphatic heterocycles. The molecule has 0 aliphatic carbocycles. The predicted molar refractivity (Wildman–Crippen MR) is 84.1 cm³/mol. The van der Waals surface area contributed by atoms with Crippen LogP contribution in [0.4, 0.5) is 0 Å². The van der Waals surface area contributed by atoms with Crippen LogP contribution in [-0.2, 0) is 17.4 Å². The minimum atomic E-state index is -1.64. The summed E-state index contributed by atoms with van der Waals surface area (Å²) in [7, 11) is 1.33. The Bertz CT molecular complexity index is 376. The van der Waals surface area contributed by atoms with Gasteiger partial charge in [-0.15, -0.1) is 0 Å². The van der Waals surface area contributed by atoms with Crippen molar-refractivity contribution in [2.75, 3.05) is 7.11 Å². The van der Waals surface area contributed by atoms with Gasteiger partial charge in [-0.3, -0.25) is 4.79 Å². The number of carbonyl (C=O) groups excluding carboxylic acids is 2. The summed E-state index contributed by atoms with van der Waals surface area (Å²) < 4.78 is 9.51. The van der Waals surface area contributed by atoms with E-state index in [0.717, 1.165) is 0 Å². The first kappa shape index (κ1) is 19.6. The molecular weight excluding hydrogens is 375 g/mol. The molecule has 1 atom stereocenters. The van der Waals surface area contributed by atoms with Gasteiger partial charge >= 0.3 is 11.9 Å². The van der Waals surface area contributed by atoms with Crippen molar-refractivity contribution in [2.45, 2.75) is 53.6 Å². The molecule has 6 heteroatoms. The van der Waals surface area contributed by atoms with E-state index >= 15 is 0 Å². The van der Waals surface area contributed by atoms with Gasteiger partial charge in [0.15, 0.2) is 28.6 Å². The summed E-state index contributed by atoms with van der Waals surface area (Å²) in [5, 5.41) is 10.7. The van der Waals surface area contributed by atoms with Gasteiger partial charge in [0.25, 0.3) is 0 Å². The Hall–Kier alpha value is -0.370. The van der Waals surface area contributed by atoms with Crippen molar-refractivity contribution in [3.05, 3.63) is 0 Å². The van der Waals surface area contributed by atoms with E-state index in [1.54, 1.807) is 27.7 Å². The minimum absolute atomic E-state index is 0.0988. The Balaban J connectivity index is 5.53. The van der Waals surface area contributed by atoms with E-state index in [4.69, 9.17) is 4.74 Å². The summed E-state index contributed by atoms with van der Waals surface area (Å²) in [6.45, 7) is 10.6. The van der Waals surface area contributed by atoms with E-state index in [1.165, 1.54) is 30.1 Å². The Morgan fingerprint density at radius 3 is 1.90 bits per heavy atom. The summed E-state index contributed by atoms with van der Waals surface area (Å²) in [6.07, 6.45) is 0.0988. The lowest BCUT2D eigenvalue weighted by molar-refractivity contribution is -0.172. The Labute approximate surface area is 135 Å². The van der Waals surface area contributed by atoms with Crippen LogP contribution < -0.4 is 0 Å².